The molecular formula is C15H24N2S. The summed E-state index contributed by atoms with van der Waals surface area (Å²) in [4.78, 5) is 4.02. The Hall–Kier alpha value is -0.510. The topological polar surface area (TPSA) is 15.3 Å². The zero-order valence-corrected chi connectivity index (χ0v) is 12.6. The number of nitrogens with one attached hydrogen (secondary N) is 1. The molecule has 0 saturated carbocycles. The molecule has 1 aliphatic rings. The van der Waals surface area contributed by atoms with Crippen LogP contribution in [-0.2, 0) is 6.42 Å². The van der Waals surface area contributed by atoms with E-state index in [9.17, 15) is 0 Å². The number of nitrogens with zero attached hydrogens (tertiary/aromatic N) is 1. The highest BCUT2D eigenvalue weighted by Gasteiger charge is 2.11. The minimum atomic E-state index is 1.14. The largest absolute Gasteiger partial charge is 0.314 e. The molecule has 0 atom stereocenters. The molecular weight excluding hydrogens is 240 g/mol. The van der Waals surface area contributed by atoms with Gasteiger partial charge in [0.1, 0.15) is 0 Å². The van der Waals surface area contributed by atoms with E-state index in [4.69, 9.17) is 0 Å². The van der Waals surface area contributed by atoms with Crippen LogP contribution in [0.3, 0.4) is 0 Å². The first kappa shape index (κ1) is 13.9. The first-order valence-corrected chi connectivity index (χ1v) is 8.00. The van der Waals surface area contributed by atoms with Gasteiger partial charge in [-0.1, -0.05) is 6.07 Å². The van der Waals surface area contributed by atoms with Crippen LogP contribution in [0.4, 0.5) is 0 Å². The predicted molar refractivity (Wildman–Crippen MR) is 80.7 cm³/mol. The van der Waals surface area contributed by atoms with Gasteiger partial charge in [-0.05, 0) is 49.3 Å². The van der Waals surface area contributed by atoms with Crippen molar-refractivity contribution < 1.29 is 0 Å². The van der Waals surface area contributed by atoms with E-state index in [-0.39, 0.29) is 0 Å². The third-order valence-corrected chi connectivity index (χ3v) is 4.62. The summed E-state index contributed by atoms with van der Waals surface area (Å²) in [7, 11) is 0. The van der Waals surface area contributed by atoms with Gasteiger partial charge in [0.05, 0.1) is 0 Å². The maximum absolute atomic E-state index is 3.41. The zero-order chi connectivity index (χ0) is 13.0. The van der Waals surface area contributed by atoms with Crippen molar-refractivity contribution in [2.24, 2.45) is 0 Å². The van der Waals surface area contributed by atoms with Gasteiger partial charge >= 0.3 is 0 Å². The van der Waals surface area contributed by atoms with Gasteiger partial charge in [-0.25, -0.2) is 0 Å². The van der Waals surface area contributed by atoms with E-state index in [1.807, 2.05) is 11.8 Å². The second-order valence-corrected chi connectivity index (χ2v) is 5.94. The molecule has 3 heteroatoms. The van der Waals surface area contributed by atoms with Gasteiger partial charge < -0.3 is 10.2 Å². The monoisotopic (exact) mass is 264 g/mol. The fraction of sp³-hybridized carbons (Fsp3) is 0.600. The van der Waals surface area contributed by atoms with Crippen LogP contribution >= 0.6 is 11.8 Å². The van der Waals surface area contributed by atoms with E-state index in [0.717, 1.165) is 13.1 Å². The highest BCUT2D eigenvalue weighted by molar-refractivity contribution is 7.98. The summed E-state index contributed by atoms with van der Waals surface area (Å²) in [6.45, 7) is 10.3. The minimum absolute atomic E-state index is 1.14. The Morgan fingerprint density at radius 1 is 1.17 bits per heavy atom. The van der Waals surface area contributed by atoms with Gasteiger partial charge in [0.2, 0.25) is 0 Å². The van der Waals surface area contributed by atoms with Crippen LogP contribution in [0.1, 0.15) is 16.7 Å². The Balaban J connectivity index is 2.01. The maximum atomic E-state index is 3.41. The second-order valence-electron chi connectivity index (χ2n) is 5.09. The van der Waals surface area contributed by atoms with E-state index in [1.54, 1.807) is 0 Å². The van der Waals surface area contributed by atoms with Crippen molar-refractivity contribution in [1.82, 2.24) is 10.2 Å². The lowest BCUT2D eigenvalue weighted by molar-refractivity contribution is 0.243. The van der Waals surface area contributed by atoms with Gasteiger partial charge in [0.15, 0.2) is 0 Å². The van der Waals surface area contributed by atoms with Gasteiger partial charge in [-0.15, -0.1) is 11.8 Å². The molecule has 1 aromatic rings. The molecule has 18 heavy (non-hydrogen) atoms. The van der Waals surface area contributed by atoms with Crippen molar-refractivity contribution in [3.8, 4) is 0 Å². The average molecular weight is 264 g/mol. The Bertz CT molecular complexity index is 398. The van der Waals surface area contributed by atoms with Gasteiger partial charge in [0, 0.05) is 37.6 Å². The predicted octanol–water partition coefficient (Wildman–Crippen LogP) is 2.47. The highest BCUT2D eigenvalue weighted by atomic mass is 32.2. The van der Waals surface area contributed by atoms with Gasteiger partial charge in [-0.2, -0.15) is 0 Å². The van der Waals surface area contributed by atoms with Crippen LogP contribution in [0, 0.1) is 13.8 Å². The summed E-state index contributed by atoms with van der Waals surface area (Å²) in [5.41, 5.74) is 4.34. The Morgan fingerprint density at radius 2 is 1.83 bits per heavy atom. The summed E-state index contributed by atoms with van der Waals surface area (Å²) in [6.07, 6.45) is 3.36. The van der Waals surface area contributed by atoms with Crippen molar-refractivity contribution in [2.75, 3.05) is 39.0 Å². The molecule has 0 bridgehead atoms. The number of aryl methyl sites for hydroxylation is 2. The molecule has 1 aliphatic heterocycles. The van der Waals surface area contributed by atoms with Crippen LogP contribution in [0.25, 0.3) is 0 Å². The van der Waals surface area contributed by atoms with E-state index < -0.39 is 0 Å². The first-order chi connectivity index (χ1) is 8.70. The highest BCUT2D eigenvalue weighted by Crippen LogP contribution is 2.24. The molecule has 0 aromatic heterocycles. The van der Waals surface area contributed by atoms with E-state index in [1.165, 1.54) is 47.6 Å². The number of hydrogen-bond donors (Lipinski definition) is 1. The molecule has 0 aliphatic carbocycles. The quantitative estimate of drug-likeness (QED) is 0.841. The van der Waals surface area contributed by atoms with E-state index >= 15 is 0 Å². The fourth-order valence-electron chi connectivity index (χ4n) is 2.45. The van der Waals surface area contributed by atoms with Crippen molar-refractivity contribution in [3.63, 3.8) is 0 Å². The van der Waals surface area contributed by atoms with Crippen LogP contribution in [0.5, 0.6) is 0 Å². The number of thioether (sulfide) groups is 1. The molecule has 2 rings (SSSR count). The molecule has 1 heterocycles. The number of hydrogen-bond acceptors (Lipinski definition) is 3. The average Bonchev–Trinajstić information content (AvgIpc) is 2.41. The second kappa shape index (κ2) is 6.60. The lowest BCUT2D eigenvalue weighted by Gasteiger charge is -2.27. The molecule has 100 valence electrons. The molecule has 1 saturated heterocycles. The van der Waals surface area contributed by atoms with Gasteiger partial charge in [0.25, 0.3) is 0 Å². The Kier molecular flexibility index (Phi) is 5.10. The number of benzene rings is 1. The number of piperazine rings is 1. The molecule has 1 fully saturated rings. The van der Waals surface area contributed by atoms with Gasteiger partial charge in [-0.3, -0.25) is 0 Å². The van der Waals surface area contributed by atoms with Crippen molar-refractivity contribution in [3.05, 3.63) is 28.8 Å². The Labute approximate surface area is 115 Å². The smallest absolute Gasteiger partial charge is 0.0108 e. The summed E-state index contributed by atoms with van der Waals surface area (Å²) in [5, 5.41) is 3.41. The SMILES string of the molecule is CSc1cc(C)c(C)cc1CCN1CCNCC1. The number of rotatable bonds is 4. The molecule has 1 N–H and O–H groups in total. The lowest BCUT2D eigenvalue weighted by Crippen LogP contribution is -2.44. The van der Waals surface area contributed by atoms with Crippen molar-refractivity contribution in [1.29, 1.82) is 0 Å². The molecule has 0 radical (unpaired) electrons. The third-order valence-electron chi connectivity index (χ3n) is 3.80. The molecule has 0 unspecified atom stereocenters. The summed E-state index contributed by atoms with van der Waals surface area (Å²) >= 11 is 1.87. The fourth-order valence-corrected chi connectivity index (χ4v) is 3.17. The van der Waals surface area contributed by atoms with Crippen LogP contribution in [0.15, 0.2) is 17.0 Å². The summed E-state index contributed by atoms with van der Waals surface area (Å²) in [5.74, 6) is 0. The third kappa shape index (κ3) is 3.50. The summed E-state index contributed by atoms with van der Waals surface area (Å²) in [6, 6.07) is 4.72. The van der Waals surface area contributed by atoms with E-state index in [2.05, 4.69) is 42.5 Å². The normalized spacial score (nSPS) is 17.1. The summed E-state index contributed by atoms with van der Waals surface area (Å²) < 4.78 is 0. The Morgan fingerprint density at radius 3 is 2.50 bits per heavy atom. The van der Waals surface area contributed by atoms with Crippen molar-refractivity contribution >= 4 is 11.8 Å². The lowest BCUT2D eigenvalue weighted by atomic mass is 10.0. The molecule has 0 spiro atoms. The van der Waals surface area contributed by atoms with Crippen molar-refractivity contribution in [2.45, 2.75) is 25.2 Å². The van der Waals surface area contributed by atoms with Crippen LogP contribution < -0.4 is 5.32 Å². The van der Waals surface area contributed by atoms with Crippen LogP contribution in [0.2, 0.25) is 0 Å². The maximum Gasteiger partial charge on any atom is 0.0108 e. The first-order valence-electron chi connectivity index (χ1n) is 6.78. The van der Waals surface area contributed by atoms with Crippen LogP contribution in [-0.4, -0.2) is 43.9 Å². The minimum Gasteiger partial charge on any atom is -0.314 e. The molecule has 0 amide bonds. The standard InChI is InChI=1S/C15H24N2S/c1-12-10-14(15(18-3)11-13(12)2)4-7-17-8-5-16-6-9-17/h10-11,16H,4-9H2,1-3H3. The molecule has 2 nitrogen and oxygen atoms in total. The van der Waals surface area contributed by atoms with E-state index in [0.29, 0.717) is 0 Å². The molecule has 1 aromatic carbocycles. The zero-order valence-electron chi connectivity index (χ0n) is 11.8.